The van der Waals surface area contributed by atoms with E-state index in [1.165, 1.54) is 23.3 Å². The molecule has 0 heterocycles. The van der Waals surface area contributed by atoms with Crippen LogP contribution >= 0.6 is 0 Å². The molecule has 21 heavy (non-hydrogen) atoms. The molecular formula is C17H13F3O. The summed E-state index contributed by atoms with van der Waals surface area (Å²) in [5, 5.41) is 0. The van der Waals surface area contributed by atoms with Crippen molar-refractivity contribution in [3.05, 3.63) is 59.2 Å². The highest BCUT2D eigenvalue weighted by molar-refractivity contribution is 5.81. The molecular weight excluding hydrogens is 277 g/mol. The Balaban J connectivity index is 2.03. The SMILES string of the molecule is CC1=Cc2c(cccc2-c2cccc(OC(F)(F)F)c2)C1. The molecule has 2 aromatic rings. The van der Waals surface area contributed by atoms with E-state index < -0.39 is 6.36 Å². The number of hydrogen-bond acceptors (Lipinski definition) is 1. The summed E-state index contributed by atoms with van der Waals surface area (Å²) in [7, 11) is 0. The van der Waals surface area contributed by atoms with Crippen LogP contribution in [0.1, 0.15) is 18.1 Å². The van der Waals surface area contributed by atoms with Gasteiger partial charge in [-0.25, -0.2) is 0 Å². The van der Waals surface area contributed by atoms with E-state index in [1.54, 1.807) is 12.1 Å². The minimum absolute atomic E-state index is 0.198. The lowest BCUT2D eigenvalue weighted by Crippen LogP contribution is -2.17. The van der Waals surface area contributed by atoms with Gasteiger partial charge in [0, 0.05) is 0 Å². The highest BCUT2D eigenvalue weighted by Gasteiger charge is 2.31. The first-order valence-electron chi connectivity index (χ1n) is 6.58. The average Bonchev–Trinajstić information content (AvgIpc) is 2.76. The van der Waals surface area contributed by atoms with E-state index in [0.717, 1.165) is 23.1 Å². The number of benzene rings is 2. The Hall–Kier alpha value is -2.23. The number of allylic oxidation sites excluding steroid dienone is 1. The first kappa shape index (κ1) is 13.7. The lowest BCUT2D eigenvalue weighted by Gasteiger charge is -2.12. The van der Waals surface area contributed by atoms with Crippen LogP contribution in [-0.2, 0) is 6.42 Å². The highest BCUT2D eigenvalue weighted by atomic mass is 19.4. The van der Waals surface area contributed by atoms with E-state index in [-0.39, 0.29) is 5.75 Å². The fourth-order valence-electron chi connectivity index (χ4n) is 2.65. The zero-order valence-electron chi connectivity index (χ0n) is 11.4. The van der Waals surface area contributed by atoms with Gasteiger partial charge in [-0.15, -0.1) is 13.2 Å². The van der Waals surface area contributed by atoms with Crippen molar-refractivity contribution < 1.29 is 17.9 Å². The molecule has 0 spiro atoms. The zero-order valence-corrected chi connectivity index (χ0v) is 11.4. The van der Waals surface area contributed by atoms with Gasteiger partial charge in [0.05, 0.1) is 0 Å². The molecule has 2 aromatic carbocycles. The smallest absolute Gasteiger partial charge is 0.406 e. The van der Waals surface area contributed by atoms with Gasteiger partial charge in [-0.05, 0) is 47.7 Å². The standard InChI is InChI=1S/C17H13F3O/c1-11-8-12-5-3-7-15(16(12)9-11)13-4-2-6-14(10-13)21-17(18,19)20/h2-7,9-10H,8H2,1H3. The van der Waals surface area contributed by atoms with Crippen molar-refractivity contribution in [3.8, 4) is 16.9 Å². The van der Waals surface area contributed by atoms with Crippen molar-refractivity contribution in [1.82, 2.24) is 0 Å². The van der Waals surface area contributed by atoms with Crippen LogP contribution in [0.5, 0.6) is 5.75 Å². The highest BCUT2D eigenvalue weighted by Crippen LogP contribution is 2.35. The van der Waals surface area contributed by atoms with Crippen molar-refractivity contribution in [1.29, 1.82) is 0 Å². The molecule has 0 atom stereocenters. The molecule has 0 N–H and O–H groups in total. The second-order valence-corrected chi connectivity index (χ2v) is 5.12. The third-order valence-electron chi connectivity index (χ3n) is 3.44. The quantitative estimate of drug-likeness (QED) is 0.737. The van der Waals surface area contributed by atoms with Crippen LogP contribution < -0.4 is 4.74 Å². The minimum atomic E-state index is -4.67. The van der Waals surface area contributed by atoms with Crippen LogP contribution in [0, 0.1) is 0 Å². The summed E-state index contributed by atoms with van der Waals surface area (Å²) < 4.78 is 40.9. The zero-order chi connectivity index (χ0) is 15.0. The molecule has 1 aliphatic rings. The van der Waals surface area contributed by atoms with Crippen molar-refractivity contribution in [2.45, 2.75) is 19.7 Å². The van der Waals surface area contributed by atoms with Gasteiger partial charge >= 0.3 is 6.36 Å². The molecule has 0 aliphatic heterocycles. The van der Waals surface area contributed by atoms with E-state index in [0.29, 0.717) is 0 Å². The number of ether oxygens (including phenoxy) is 1. The largest absolute Gasteiger partial charge is 0.573 e. The molecule has 0 unspecified atom stereocenters. The fraction of sp³-hybridized carbons (Fsp3) is 0.176. The van der Waals surface area contributed by atoms with Crippen LogP contribution in [0.2, 0.25) is 0 Å². The molecule has 0 bridgehead atoms. The van der Waals surface area contributed by atoms with Gasteiger partial charge in [0.25, 0.3) is 0 Å². The van der Waals surface area contributed by atoms with Crippen LogP contribution in [-0.4, -0.2) is 6.36 Å². The Bertz CT molecular complexity index is 714. The third kappa shape index (κ3) is 2.94. The summed E-state index contributed by atoms with van der Waals surface area (Å²) >= 11 is 0. The molecule has 1 aliphatic carbocycles. The molecule has 0 saturated carbocycles. The summed E-state index contributed by atoms with van der Waals surface area (Å²) in [4.78, 5) is 0. The number of alkyl halides is 3. The van der Waals surface area contributed by atoms with Gasteiger partial charge in [-0.3, -0.25) is 0 Å². The van der Waals surface area contributed by atoms with E-state index in [2.05, 4.69) is 10.8 Å². The Morgan fingerprint density at radius 2 is 1.81 bits per heavy atom. The first-order valence-corrected chi connectivity index (χ1v) is 6.58. The minimum Gasteiger partial charge on any atom is -0.406 e. The molecule has 0 radical (unpaired) electrons. The molecule has 0 aromatic heterocycles. The average molecular weight is 290 g/mol. The predicted molar refractivity (Wildman–Crippen MR) is 75.9 cm³/mol. The third-order valence-corrected chi connectivity index (χ3v) is 3.44. The number of hydrogen-bond donors (Lipinski definition) is 0. The molecule has 1 nitrogen and oxygen atoms in total. The Labute approximate surface area is 120 Å². The number of halogens is 3. The van der Waals surface area contributed by atoms with Crippen molar-refractivity contribution >= 4 is 6.08 Å². The normalized spacial score (nSPS) is 13.8. The van der Waals surface area contributed by atoms with Gasteiger partial charge < -0.3 is 4.74 Å². The summed E-state index contributed by atoms with van der Waals surface area (Å²) in [6.07, 6.45) is -1.70. The lowest BCUT2D eigenvalue weighted by molar-refractivity contribution is -0.274. The van der Waals surface area contributed by atoms with Crippen molar-refractivity contribution in [2.24, 2.45) is 0 Å². The Morgan fingerprint density at radius 1 is 1.05 bits per heavy atom. The number of fused-ring (bicyclic) bond motifs is 1. The van der Waals surface area contributed by atoms with E-state index in [4.69, 9.17) is 0 Å². The molecule has 4 heteroatoms. The Morgan fingerprint density at radius 3 is 2.57 bits per heavy atom. The first-order chi connectivity index (χ1) is 9.92. The van der Waals surface area contributed by atoms with Crippen LogP contribution in [0.25, 0.3) is 17.2 Å². The van der Waals surface area contributed by atoms with Gasteiger partial charge in [-0.2, -0.15) is 0 Å². The lowest BCUT2D eigenvalue weighted by atomic mass is 9.97. The van der Waals surface area contributed by atoms with Crippen LogP contribution in [0.15, 0.2) is 48.0 Å². The predicted octanol–water partition coefficient (Wildman–Crippen LogP) is 5.21. The van der Waals surface area contributed by atoms with E-state index in [9.17, 15) is 13.2 Å². The molecule has 3 rings (SSSR count). The van der Waals surface area contributed by atoms with E-state index in [1.807, 2.05) is 25.1 Å². The van der Waals surface area contributed by atoms with Crippen LogP contribution in [0.4, 0.5) is 13.2 Å². The Kier molecular flexibility index (Phi) is 3.24. The maximum Gasteiger partial charge on any atom is 0.573 e. The molecule has 0 saturated heterocycles. The van der Waals surface area contributed by atoms with Crippen molar-refractivity contribution in [2.75, 3.05) is 0 Å². The maximum atomic E-state index is 12.3. The van der Waals surface area contributed by atoms with Gasteiger partial charge in [0.15, 0.2) is 0 Å². The van der Waals surface area contributed by atoms with Gasteiger partial charge in [0.2, 0.25) is 0 Å². The molecule has 108 valence electrons. The topological polar surface area (TPSA) is 9.23 Å². The molecule has 0 amide bonds. The molecule has 0 fully saturated rings. The second kappa shape index (κ2) is 4.95. The van der Waals surface area contributed by atoms with Gasteiger partial charge in [0.1, 0.15) is 5.75 Å². The number of rotatable bonds is 2. The second-order valence-electron chi connectivity index (χ2n) is 5.12. The summed E-state index contributed by atoms with van der Waals surface area (Å²) in [6.45, 7) is 2.05. The fourth-order valence-corrected chi connectivity index (χ4v) is 2.65. The summed E-state index contributed by atoms with van der Waals surface area (Å²) in [5.41, 5.74) is 5.18. The van der Waals surface area contributed by atoms with Gasteiger partial charge in [-0.1, -0.05) is 42.0 Å². The maximum absolute atomic E-state index is 12.3. The summed E-state index contributed by atoms with van der Waals surface area (Å²) in [5.74, 6) is -0.198. The van der Waals surface area contributed by atoms with E-state index >= 15 is 0 Å². The monoisotopic (exact) mass is 290 g/mol. The van der Waals surface area contributed by atoms with Crippen molar-refractivity contribution in [3.63, 3.8) is 0 Å². The van der Waals surface area contributed by atoms with Crippen LogP contribution in [0.3, 0.4) is 0 Å². The summed E-state index contributed by atoms with van der Waals surface area (Å²) in [6, 6.07) is 12.0.